The van der Waals surface area contributed by atoms with Crippen molar-refractivity contribution in [1.29, 1.82) is 0 Å². The molecule has 0 aliphatic heterocycles. The molecule has 0 amide bonds. The maximum absolute atomic E-state index is 13.2. The Bertz CT molecular complexity index is 527. The zero-order valence-electron chi connectivity index (χ0n) is 9.45. The standard InChI is InChI=1S/C12H13FN2O/c1-7-4-9(11(16)5-10(7)13)12-8(2)14-6-15(12)3/h4-6,16H,1-3H3. The molecule has 0 bridgehead atoms. The number of rotatable bonds is 1. The SMILES string of the molecule is Cc1cc(-c2c(C)ncn2C)c(O)cc1F. The number of aromatic hydroxyl groups is 1. The first-order valence-electron chi connectivity index (χ1n) is 4.98. The molecule has 0 saturated carbocycles. The van der Waals surface area contributed by atoms with Crippen LogP contribution < -0.4 is 0 Å². The highest BCUT2D eigenvalue weighted by Gasteiger charge is 2.14. The largest absolute Gasteiger partial charge is 0.507 e. The zero-order chi connectivity index (χ0) is 11.9. The van der Waals surface area contributed by atoms with Crippen LogP contribution in [0.4, 0.5) is 4.39 Å². The Morgan fingerprint density at radius 3 is 2.56 bits per heavy atom. The summed E-state index contributed by atoms with van der Waals surface area (Å²) in [6.45, 7) is 3.53. The van der Waals surface area contributed by atoms with Crippen LogP contribution in [-0.4, -0.2) is 14.7 Å². The van der Waals surface area contributed by atoms with Gasteiger partial charge >= 0.3 is 0 Å². The quantitative estimate of drug-likeness (QED) is 0.802. The van der Waals surface area contributed by atoms with Crippen LogP contribution in [0.15, 0.2) is 18.5 Å². The number of aryl methyl sites for hydroxylation is 3. The normalized spacial score (nSPS) is 10.8. The van der Waals surface area contributed by atoms with Gasteiger partial charge in [-0.2, -0.15) is 0 Å². The van der Waals surface area contributed by atoms with E-state index in [2.05, 4.69) is 4.98 Å². The van der Waals surface area contributed by atoms with Crippen molar-refractivity contribution in [2.45, 2.75) is 13.8 Å². The molecule has 2 aromatic rings. The molecular formula is C12H13FN2O. The van der Waals surface area contributed by atoms with Crippen molar-refractivity contribution in [2.24, 2.45) is 7.05 Å². The third-order valence-electron chi connectivity index (χ3n) is 2.65. The highest BCUT2D eigenvalue weighted by Crippen LogP contribution is 2.32. The lowest BCUT2D eigenvalue weighted by atomic mass is 10.1. The topological polar surface area (TPSA) is 38.0 Å². The summed E-state index contributed by atoms with van der Waals surface area (Å²) in [5.41, 5.74) is 2.73. The number of nitrogens with zero attached hydrogens (tertiary/aromatic N) is 2. The lowest BCUT2D eigenvalue weighted by molar-refractivity contribution is 0.470. The lowest BCUT2D eigenvalue weighted by Crippen LogP contribution is -1.93. The minimum atomic E-state index is -0.402. The predicted molar refractivity (Wildman–Crippen MR) is 59.7 cm³/mol. The van der Waals surface area contributed by atoms with E-state index in [1.165, 1.54) is 0 Å². The van der Waals surface area contributed by atoms with Gasteiger partial charge in [-0.15, -0.1) is 0 Å². The predicted octanol–water partition coefficient (Wildman–Crippen LogP) is 2.55. The van der Waals surface area contributed by atoms with Crippen molar-refractivity contribution >= 4 is 0 Å². The van der Waals surface area contributed by atoms with E-state index in [1.807, 2.05) is 18.5 Å². The Morgan fingerprint density at radius 2 is 2.00 bits per heavy atom. The summed E-state index contributed by atoms with van der Waals surface area (Å²) >= 11 is 0. The summed E-state index contributed by atoms with van der Waals surface area (Å²) < 4.78 is 15.0. The number of aromatic nitrogens is 2. The van der Waals surface area contributed by atoms with Gasteiger partial charge in [-0.1, -0.05) is 0 Å². The van der Waals surface area contributed by atoms with Crippen LogP contribution in [-0.2, 0) is 7.05 Å². The molecule has 0 fully saturated rings. The molecule has 4 heteroatoms. The van der Waals surface area contributed by atoms with E-state index >= 15 is 0 Å². The minimum Gasteiger partial charge on any atom is -0.507 e. The van der Waals surface area contributed by atoms with E-state index in [9.17, 15) is 9.50 Å². The fraction of sp³-hybridized carbons (Fsp3) is 0.250. The van der Waals surface area contributed by atoms with E-state index in [0.29, 0.717) is 11.1 Å². The number of benzene rings is 1. The molecule has 0 aliphatic rings. The minimum absolute atomic E-state index is 0.0604. The molecule has 16 heavy (non-hydrogen) atoms. The van der Waals surface area contributed by atoms with Gasteiger partial charge in [-0.05, 0) is 25.5 Å². The molecule has 0 aliphatic carbocycles. The van der Waals surface area contributed by atoms with E-state index < -0.39 is 5.82 Å². The second kappa shape index (κ2) is 3.63. The molecule has 84 valence electrons. The van der Waals surface area contributed by atoms with Crippen LogP contribution in [0.1, 0.15) is 11.3 Å². The van der Waals surface area contributed by atoms with Crippen molar-refractivity contribution in [3.63, 3.8) is 0 Å². The molecule has 1 heterocycles. The molecule has 1 aromatic carbocycles. The van der Waals surface area contributed by atoms with Gasteiger partial charge < -0.3 is 9.67 Å². The maximum atomic E-state index is 13.2. The van der Waals surface area contributed by atoms with Gasteiger partial charge in [-0.25, -0.2) is 9.37 Å². The Morgan fingerprint density at radius 1 is 1.31 bits per heavy atom. The summed E-state index contributed by atoms with van der Waals surface area (Å²) in [7, 11) is 1.84. The van der Waals surface area contributed by atoms with Crippen molar-refractivity contribution in [2.75, 3.05) is 0 Å². The van der Waals surface area contributed by atoms with Crippen molar-refractivity contribution in [3.8, 4) is 17.0 Å². The first-order valence-corrected chi connectivity index (χ1v) is 4.98. The molecule has 0 saturated heterocycles. The fourth-order valence-corrected chi connectivity index (χ4v) is 1.79. The van der Waals surface area contributed by atoms with Gasteiger partial charge in [0, 0.05) is 18.7 Å². The first-order chi connectivity index (χ1) is 7.50. The monoisotopic (exact) mass is 220 g/mol. The van der Waals surface area contributed by atoms with Gasteiger partial charge in [0.2, 0.25) is 0 Å². The number of hydrogen-bond acceptors (Lipinski definition) is 2. The van der Waals surface area contributed by atoms with Crippen molar-refractivity contribution < 1.29 is 9.50 Å². The average molecular weight is 220 g/mol. The summed E-state index contributed by atoms with van der Waals surface area (Å²) in [5, 5.41) is 9.76. The molecule has 1 aromatic heterocycles. The summed E-state index contributed by atoms with van der Waals surface area (Å²) in [6.07, 6.45) is 1.67. The molecule has 0 spiro atoms. The summed E-state index contributed by atoms with van der Waals surface area (Å²) in [6, 6.07) is 2.77. The summed E-state index contributed by atoms with van der Waals surface area (Å²) in [5.74, 6) is -0.462. The highest BCUT2D eigenvalue weighted by atomic mass is 19.1. The summed E-state index contributed by atoms with van der Waals surface area (Å²) in [4.78, 5) is 4.14. The number of imidazole rings is 1. The fourth-order valence-electron chi connectivity index (χ4n) is 1.79. The molecule has 0 unspecified atom stereocenters. The van der Waals surface area contributed by atoms with Crippen LogP contribution >= 0.6 is 0 Å². The van der Waals surface area contributed by atoms with Gasteiger partial charge in [0.25, 0.3) is 0 Å². The Hall–Kier alpha value is -1.84. The van der Waals surface area contributed by atoms with Gasteiger partial charge in [0.05, 0.1) is 17.7 Å². The van der Waals surface area contributed by atoms with Crippen LogP contribution in [0.25, 0.3) is 11.3 Å². The molecule has 0 radical (unpaired) electrons. The number of phenols is 1. The lowest BCUT2D eigenvalue weighted by Gasteiger charge is -2.08. The Balaban J connectivity index is 2.69. The van der Waals surface area contributed by atoms with Crippen LogP contribution in [0.5, 0.6) is 5.75 Å². The third kappa shape index (κ3) is 1.56. The van der Waals surface area contributed by atoms with E-state index in [1.54, 1.807) is 19.3 Å². The van der Waals surface area contributed by atoms with Crippen LogP contribution in [0, 0.1) is 19.7 Å². The Labute approximate surface area is 93.2 Å². The molecule has 2 rings (SSSR count). The maximum Gasteiger partial charge on any atom is 0.129 e. The van der Waals surface area contributed by atoms with Crippen molar-refractivity contribution in [3.05, 3.63) is 35.5 Å². The van der Waals surface area contributed by atoms with Gasteiger partial charge in [0.15, 0.2) is 0 Å². The zero-order valence-corrected chi connectivity index (χ0v) is 9.45. The molecule has 1 N–H and O–H groups in total. The van der Waals surface area contributed by atoms with Gasteiger partial charge in [0.1, 0.15) is 11.6 Å². The second-order valence-corrected chi connectivity index (χ2v) is 3.91. The second-order valence-electron chi connectivity index (χ2n) is 3.91. The smallest absolute Gasteiger partial charge is 0.129 e. The third-order valence-corrected chi connectivity index (χ3v) is 2.65. The highest BCUT2D eigenvalue weighted by molar-refractivity contribution is 5.70. The molecular weight excluding hydrogens is 207 g/mol. The van der Waals surface area contributed by atoms with Crippen LogP contribution in [0.2, 0.25) is 0 Å². The van der Waals surface area contributed by atoms with Crippen molar-refractivity contribution in [1.82, 2.24) is 9.55 Å². The van der Waals surface area contributed by atoms with E-state index in [0.717, 1.165) is 17.5 Å². The van der Waals surface area contributed by atoms with Gasteiger partial charge in [-0.3, -0.25) is 0 Å². The van der Waals surface area contributed by atoms with E-state index in [4.69, 9.17) is 0 Å². The number of hydrogen-bond donors (Lipinski definition) is 1. The number of halogens is 1. The number of phenolic OH excluding ortho intramolecular Hbond substituents is 1. The average Bonchev–Trinajstić information content (AvgIpc) is 2.53. The Kier molecular flexibility index (Phi) is 2.42. The van der Waals surface area contributed by atoms with Crippen LogP contribution in [0.3, 0.4) is 0 Å². The molecule has 0 atom stereocenters. The molecule has 3 nitrogen and oxygen atoms in total. The van der Waals surface area contributed by atoms with E-state index in [-0.39, 0.29) is 5.75 Å². The first kappa shape index (κ1) is 10.7.